The number of phenolic OH excluding ortho intramolecular Hbond substituents is 2. The first-order valence-electron chi connectivity index (χ1n) is 14.8. The van der Waals surface area contributed by atoms with Gasteiger partial charge in [0.25, 0.3) is 30.4 Å². The highest BCUT2D eigenvalue weighted by Crippen LogP contribution is 2.45. The molecule has 0 aliphatic heterocycles. The van der Waals surface area contributed by atoms with Crippen molar-refractivity contribution in [2.75, 3.05) is 11.5 Å². The van der Waals surface area contributed by atoms with Crippen LogP contribution in [0.4, 0.5) is 45.5 Å². The van der Waals surface area contributed by atoms with E-state index in [1.807, 2.05) is 0 Å². The molecule has 0 aliphatic carbocycles. The third kappa shape index (κ3) is 7.82. The zero-order valence-electron chi connectivity index (χ0n) is 26.9. The van der Waals surface area contributed by atoms with Gasteiger partial charge in [0.1, 0.15) is 21.2 Å². The molecule has 276 valence electrons. The maximum Gasteiger partial charge on any atom is 0.296 e. The largest absolute Gasteiger partial charge is 0.505 e. The van der Waals surface area contributed by atoms with Crippen LogP contribution in [-0.4, -0.2) is 49.1 Å². The van der Waals surface area contributed by atoms with Gasteiger partial charge in [-0.25, -0.2) is 0 Å². The van der Waals surface area contributed by atoms with Gasteiger partial charge >= 0.3 is 0 Å². The first-order valence-corrected chi connectivity index (χ1v) is 19.1. The standard InChI is InChI=1S/C32H24N8O11S3/c33-18-2-1-16-12-26(53(46,47)48)29(31(41)24(16)14-18)39-37-21-7-3-19(4-8-21)35-36-20-5-9-22(10-6-20)38-40-30-27(54(49,50)51)13-17-11-23(52(43,44)45)15-25(34)28(17)32(30)42/h1-15,41-42H,33-34H2,(H,43,44,45)(H,46,47,48)(H,49,50,51). The van der Waals surface area contributed by atoms with Crippen LogP contribution < -0.4 is 11.5 Å². The normalized spacial score (nSPS) is 12.9. The highest BCUT2D eigenvalue weighted by molar-refractivity contribution is 7.86. The van der Waals surface area contributed by atoms with Gasteiger partial charge in [0, 0.05) is 22.1 Å². The van der Waals surface area contributed by atoms with Gasteiger partial charge in [-0.1, -0.05) is 6.07 Å². The molecule has 6 aromatic rings. The quantitative estimate of drug-likeness (QED) is 0.0423. The van der Waals surface area contributed by atoms with Gasteiger partial charge in [0.2, 0.25) is 0 Å². The molecule has 0 bridgehead atoms. The number of anilines is 2. The van der Waals surface area contributed by atoms with Crippen LogP contribution in [-0.2, 0) is 30.4 Å². The minimum atomic E-state index is -5.04. The third-order valence-corrected chi connectivity index (χ3v) is 10.2. The molecule has 19 nitrogen and oxygen atoms in total. The van der Waals surface area contributed by atoms with Crippen molar-refractivity contribution in [2.24, 2.45) is 30.7 Å². The monoisotopic (exact) mass is 792 g/mol. The number of hydrogen-bond donors (Lipinski definition) is 7. The molecule has 0 saturated carbocycles. The number of benzene rings is 6. The summed E-state index contributed by atoms with van der Waals surface area (Å²) in [6.45, 7) is 0. The maximum atomic E-state index is 12.1. The number of aromatic hydroxyl groups is 2. The Morgan fingerprint density at radius 1 is 0.463 bits per heavy atom. The second-order valence-electron chi connectivity index (χ2n) is 11.3. The van der Waals surface area contributed by atoms with Gasteiger partial charge in [-0.15, -0.1) is 10.2 Å². The average molecular weight is 793 g/mol. The van der Waals surface area contributed by atoms with Crippen LogP contribution in [0.1, 0.15) is 0 Å². The molecule has 6 aromatic carbocycles. The predicted octanol–water partition coefficient (Wildman–Crippen LogP) is 7.55. The summed E-state index contributed by atoms with van der Waals surface area (Å²) in [6.07, 6.45) is 0. The van der Waals surface area contributed by atoms with Crippen LogP contribution >= 0.6 is 0 Å². The lowest BCUT2D eigenvalue weighted by atomic mass is 10.1. The van der Waals surface area contributed by atoms with E-state index in [9.17, 15) is 49.1 Å². The summed E-state index contributed by atoms with van der Waals surface area (Å²) in [7, 11) is -14.6. The second kappa shape index (κ2) is 13.8. The van der Waals surface area contributed by atoms with Gasteiger partial charge in [-0.3, -0.25) is 13.7 Å². The lowest BCUT2D eigenvalue weighted by Crippen LogP contribution is -2.02. The fraction of sp³-hybridized carbons (Fsp3) is 0. The minimum absolute atomic E-state index is 0.150. The molecule has 0 saturated heterocycles. The number of nitrogens with zero attached hydrogens (tertiary/aromatic N) is 6. The lowest BCUT2D eigenvalue weighted by Gasteiger charge is -2.11. The number of nitrogens with two attached hydrogens (primary N) is 2. The molecule has 54 heavy (non-hydrogen) atoms. The molecule has 0 amide bonds. The molecule has 0 aromatic heterocycles. The first kappa shape index (κ1) is 37.3. The molecule has 0 atom stereocenters. The van der Waals surface area contributed by atoms with E-state index in [1.54, 1.807) is 0 Å². The summed E-state index contributed by atoms with van der Waals surface area (Å²) in [5, 5.41) is 45.4. The Morgan fingerprint density at radius 2 is 0.889 bits per heavy atom. The topological polar surface area (TPSA) is 330 Å². The predicted molar refractivity (Wildman–Crippen MR) is 195 cm³/mol. The summed E-state index contributed by atoms with van der Waals surface area (Å²) in [4.78, 5) is -2.25. The van der Waals surface area contributed by atoms with E-state index >= 15 is 0 Å². The summed E-state index contributed by atoms with van der Waals surface area (Å²) in [6, 6.07) is 19.9. The van der Waals surface area contributed by atoms with Gasteiger partial charge < -0.3 is 21.7 Å². The molecule has 0 spiro atoms. The van der Waals surface area contributed by atoms with Gasteiger partial charge in [-0.2, -0.15) is 45.7 Å². The van der Waals surface area contributed by atoms with Gasteiger partial charge in [0.15, 0.2) is 11.5 Å². The van der Waals surface area contributed by atoms with Gasteiger partial charge in [0.05, 0.1) is 27.6 Å². The highest BCUT2D eigenvalue weighted by Gasteiger charge is 2.25. The molecule has 0 fully saturated rings. The minimum Gasteiger partial charge on any atom is -0.505 e. The van der Waals surface area contributed by atoms with Crippen molar-refractivity contribution in [2.45, 2.75) is 14.7 Å². The molecule has 0 unspecified atom stereocenters. The molecular formula is C32H24N8O11S3. The number of phenols is 2. The Kier molecular flexibility index (Phi) is 9.57. The Morgan fingerprint density at radius 3 is 1.33 bits per heavy atom. The van der Waals surface area contributed by atoms with E-state index in [0.717, 1.165) is 24.3 Å². The summed E-state index contributed by atoms with van der Waals surface area (Å²) in [5.74, 6) is -1.38. The summed E-state index contributed by atoms with van der Waals surface area (Å²) >= 11 is 0. The number of fused-ring (bicyclic) bond motifs is 2. The zero-order chi connectivity index (χ0) is 39.2. The molecule has 0 radical (unpaired) electrons. The maximum absolute atomic E-state index is 12.1. The Hall–Kier alpha value is -6.43. The van der Waals surface area contributed by atoms with Crippen molar-refractivity contribution in [1.29, 1.82) is 0 Å². The molecule has 9 N–H and O–H groups in total. The third-order valence-electron chi connectivity index (χ3n) is 7.60. The van der Waals surface area contributed by atoms with Crippen molar-refractivity contribution in [1.82, 2.24) is 0 Å². The van der Waals surface area contributed by atoms with Crippen molar-refractivity contribution in [3.63, 3.8) is 0 Å². The van der Waals surface area contributed by atoms with Crippen LogP contribution in [0.2, 0.25) is 0 Å². The molecular weight excluding hydrogens is 769 g/mol. The molecule has 0 heterocycles. The molecule has 22 heteroatoms. The van der Waals surface area contributed by atoms with Crippen LogP contribution in [0.5, 0.6) is 11.5 Å². The van der Waals surface area contributed by atoms with E-state index < -0.39 is 67.9 Å². The lowest BCUT2D eigenvalue weighted by molar-refractivity contribution is 0.471. The van der Waals surface area contributed by atoms with Crippen molar-refractivity contribution >= 4 is 97.4 Å². The number of nitrogen functional groups attached to an aromatic ring is 2. The second-order valence-corrected chi connectivity index (χ2v) is 15.5. The molecule has 6 rings (SSSR count). The van der Waals surface area contributed by atoms with Crippen molar-refractivity contribution in [3.8, 4) is 11.5 Å². The summed E-state index contributed by atoms with van der Waals surface area (Å²) in [5.41, 5.74) is 11.5. The van der Waals surface area contributed by atoms with E-state index in [4.69, 9.17) is 11.5 Å². The van der Waals surface area contributed by atoms with E-state index in [0.29, 0.717) is 22.4 Å². The SMILES string of the molecule is Nc1ccc2cc(S(=O)(=O)O)c(N=Nc3ccc(N=Nc4ccc(N=Nc5c(S(=O)(=O)O)cc6cc(S(=O)(=O)O)cc(N)c6c5O)cc4)cc3)c(O)c2c1. The summed E-state index contributed by atoms with van der Waals surface area (Å²) < 4.78 is 100. The van der Waals surface area contributed by atoms with Crippen LogP contribution in [0, 0.1) is 0 Å². The Bertz CT molecular complexity index is 2940. The van der Waals surface area contributed by atoms with Crippen LogP contribution in [0.15, 0.2) is 136 Å². The fourth-order valence-corrected chi connectivity index (χ4v) is 6.96. The zero-order valence-corrected chi connectivity index (χ0v) is 29.4. The van der Waals surface area contributed by atoms with Crippen molar-refractivity contribution < 1.29 is 49.1 Å². The van der Waals surface area contributed by atoms with E-state index in [2.05, 4.69) is 30.7 Å². The van der Waals surface area contributed by atoms with E-state index in [1.165, 1.54) is 66.7 Å². The number of azo groups is 3. The van der Waals surface area contributed by atoms with Gasteiger partial charge in [-0.05, 0) is 95.7 Å². The molecule has 0 aliphatic rings. The smallest absolute Gasteiger partial charge is 0.296 e. The van der Waals surface area contributed by atoms with Crippen LogP contribution in [0.25, 0.3) is 21.5 Å². The van der Waals surface area contributed by atoms with Crippen molar-refractivity contribution in [3.05, 3.63) is 91.0 Å². The Balaban J connectivity index is 1.21. The van der Waals surface area contributed by atoms with Crippen LogP contribution in [0.3, 0.4) is 0 Å². The average Bonchev–Trinajstić information content (AvgIpc) is 3.09. The van der Waals surface area contributed by atoms with E-state index in [-0.39, 0.29) is 33.2 Å². The first-order chi connectivity index (χ1) is 25.3. The highest BCUT2D eigenvalue weighted by atomic mass is 32.2. The number of rotatable bonds is 9. The fourth-order valence-electron chi connectivity index (χ4n) is 5.09. The Labute approximate surface area is 304 Å². The number of hydrogen-bond acceptors (Lipinski definition) is 16.